The quantitative estimate of drug-likeness (QED) is 0.582. The van der Waals surface area contributed by atoms with Gasteiger partial charge < -0.3 is 20.6 Å². The van der Waals surface area contributed by atoms with Crippen molar-refractivity contribution in [2.75, 3.05) is 13.2 Å². The van der Waals surface area contributed by atoms with Gasteiger partial charge in [0.15, 0.2) is 0 Å². The van der Waals surface area contributed by atoms with Crippen molar-refractivity contribution in [3.63, 3.8) is 0 Å². The van der Waals surface area contributed by atoms with Crippen LogP contribution < -0.4 is 5.32 Å². The van der Waals surface area contributed by atoms with Crippen LogP contribution in [0, 0.1) is 0 Å². The van der Waals surface area contributed by atoms with E-state index in [2.05, 4.69) is 5.32 Å². The molecular formula is C13H19NO4. The van der Waals surface area contributed by atoms with Gasteiger partial charge in [0, 0.05) is 0 Å². The standard InChI is InChI=1S/C13H19NO4/c1-2-13(8-15,9-16)14-12(18)7-10-3-5-11(17)6-4-10/h3-6,15-17H,2,7-9H2,1H3,(H,14,18). The second-order valence-electron chi connectivity index (χ2n) is 4.34. The summed E-state index contributed by atoms with van der Waals surface area (Å²) in [7, 11) is 0. The number of rotatable bonds is 6. The van der Waals surface area contributed by atoms with E-state index in [0.29, 0.717) is 6.42 Å². The highest BCUT2D eigenvalue weighted by atomic mass is 16.3. The topological polar surface area (TPSA) is 89.8 Å². The third-order valence-corrected chi connectivity index (χ3v) is 2.99. The average Bonchev–Trinajstić information content (AvgIpc) is 2.39. The summed E-state index contributed by atoms with van der Waals surface area (Å²) in [5.74, 6) is -0.126. The van der Waals surface area contributed by atoms with E-state index in [1.165, 1.54) is 12.1 Å². The van der Waals surface area contributed by atoms with Gasteiger partial charge in [0.2, 0.25) is 5.91 Å². The van der Waals surface area contributed by atoms with E-state index in [4.69, 9.17) is 5.11 Å². The van der Waals surface area contributed by atoms with Gasteiger partial charge >= 0.3 is 0 Å². The number of aliphatic hydroxyl groups is 2. The van der Waals surface area contributed by atoms with Gasteiger partial charge in [-0.3, -0.25) is 4.79 Å². The van der Waals surface area contributed by atoms with E-state index >= 15 is 0 Å². The average molecular weight is 253 g/mol. The molecule has 0 heterocycles. The van der Waals surface area contributed by atoms with Crippen molar-refractivity contribution in [1.29, 1.82) is 0 Å². The third kappa shape index (κ3) is 3.72. The zero-order valence-corrected chi connectivity index (χ0v) is 10.4. The number of carbonyl (C=O) groups is 1. The monoisotopic (exact) mass is 253 g/mol. The van der Waals surface area contributed by atoms with Crippen molar-refractivity contribution in [3.8, 4) is 5.75 Å². The highest BCUT2D eigenvalue weighted by Crippen LogP contribution is 2.12. The number of hydrogen-bond donors (Lipinski definition) is 4. The number of aromatic hydroxyl groups is 1. The van der Waals surface area contributed by atoms with Crippen LogP contribution in [0.1, 0.15) is 18.9 Å². The summed E-state index contributed by atoms with van der Waals surface area (Å²) in [4.78, 5) is 11.8. The van der Waals surface area contributed by atoms with Gasteiger partial charge in [0.1, 0.15) is 5.75 Å². The summed E-state index contributed by atoms with van der Waals surface area (Å²) in [6, 6.07) is 6.32. The van der Waals surface area contributed by atoms with Crippen molar-refractivity contribution in [1.82, 2.24) is 5.32 Å². The number of phenols is 1. The molecule has 0 unspecified atom stereocenters. The molecule has 0 aliphatic carbocycles. The Labute approximate surface area is 106 Å². The van der Waals surface area contributed by atoms with Gasteiger partial charge in [0.05, 0.1) is 25.2 Å². The molecule has 4 N–H and O–H groups in total. The second kappa shape index (κ2) is 6.37. The molecule has 0 radical (unpaired) electrons. The maximum Gasteiger partial charge on any atom is 0.225 e. The lowest BCUT2D eigenvalue weighted by atomic mass is 9.98. The summed E-state index contributed by atoms with van der Waals surface area (Å²) >= 11 is 0. The summed E-state index contributed by atoms with van der Waals surface area (Å²) in [6.07, 6.45) is 0.587. The van der Waals surface area contributed by atoms with E-state index in [9.17, 15) is 15.0 Å². The van der Waals surface area contributed by atoms with Crippen molar-refractivity contribution in [2.45, 2.75) is 25.3 Å². The predicted octanol–water partition coefficient (Wildman–Crippen LogP) is 0.184. The molecule has 5 heteroatoms. The van der Waals surface area contributed by atoms with E-state index in [1.807, 2.05) is 0 Å². The van der Waals surface area contributed by atoms with E-state index in [1.54, 1.807) is 19.1 Å². The van der Waals surface area contributed by atoms with Crippen LogP contribution in [0.5, 0.6) is 5.75 Å². The van der Waals surface area contributed by atoms with Crippen molar-refractivity contribution in [2.24, 2.45) is 0 Å². The first-order valence-electron chi connectivity index (χ1n) is 5.86. The maximum absolute atomic E-state index is 11.8. The largest absolute Gasteiger partial charge is 0.508 e. The van der Waals surface area contributed by atoms with Crippen LogP contribution in [0.15, 0.2) is 24.3 Å². The molecule has 0 bridgehead atoms. The molecular weight excluding hydrogens is 234 g/mol. The number of nitrogens with one attached hydrogen (secondary N) is 1. The Kier molecular flexibility index (Phi) is 5.12. The first-order valence-corrected chi connectivity index (χ1v) is 5.86. The fourth-order valence-electron chi connectivity index (χ4n) is 1.58. The molecule has 1 rings (SSSR count). The number of benzene rings is 1. The van der Waals surface area contributed by atoms with Gasteiger partial charge in [-0.05, 0) is 24.1 Å². The van der Waals surface area contributed by atoms with Crippen LogP contribution in [0.2, 0.25) is 0 Å². The highest BCUT2D eigenvalue weighted by molar-refractivity contribution is 5.79. The maximum atomic E-state index is 11.8. The van der Waals surface area contributed by atoms with Gasteiger partial charge in [-0.25, -0.2) is 0 Å². The van der Waals surface area contributed by atoms with Gasteiger partial charge in [-0.2, -0.15) is 0 Å². The zero-order valence-electron chi connectivity index (χ0n) is 10.4. The molecule has 0 saturated carbocycles. The fraction of sp³-hybridized carbons (Fsp3) is 0.462. The molecule has 0 aliphatic heterocycles. The van der Waals surface area contributed by atoms with Crippen molar-refractivity contribution >= 4 is 5.91 Å². The second-order valence-corrected chi connectivity index (χ2v) is 4.34. The minimum atomic E-state index is -0.964. The van der Waals surface area contributed by atoms with Crippen molar-refractivity contribution < 1.29 is 20.1 Å². The van der Waals surface area contributed by atoms with E-state index < -0.39 is 5.54 Å². The molecule has 1 amide bonds. The Bertz CT molecular complexity index is 376. The number of amides is 1. The molecule has 0 atom stereocenters. The molecule has 1 aromatic carbocycles. The molecule has 18 heavy (non-hydrogen) atoms. The summed E-state index contributed by atoms with van der Waals surface area (Å²) in [5.41, 5.74) is -0.209. The highest BCUT2D eigenvalue weighted by Gasteiger charge is 2.28. The Morgan fingerprint density at radius 3 is 2.22 bits per heavy atom. The number of aliphatic hydroxyl groups excluding tert-OH is 2. The molecule has 0 saturated heterocycles. The van der Waals surface area contributed by atoms with Crippen LogP contribution in [0.3, 0.4) is 0 Å². The minimum Gasteiger partial charge on any atom is -0.508 e. The number of hydrogen-bond acceptors (Lipinski definition) is 4. The van der Waals surface area contributed by atoms with Crippen molar-refractivity contribution in [3.05, 3.63) is 29.8 Å². The van der Waals surface area contributed by atoms with Crippen LogP contribution in [0.4, 0.5) is 0 Å². The molecule has 0 aliphatic rings. The SMILES string of the molecule is CCC(CO)(CO)NC(=O)Cc1ccc(O)cc1. The molecule has 1 aromatic rings. The van der Waals surface area contributed by atoms with Gasteiger partial charge in [-0.1, -0.05) is 19.1 Å². The van der Waals surface area contributed by atoms with E-state index in [0.717, 1.165) is 5.56 Å². The molecule has 0 spiro atoms. The Hall–Kier alpha value is -1.59. The Morgan fingerprint density at radius 1 is 1.22 bits per heavy atom. The normalized spacial score (nSPS) is 11.3. The molecule has 5 nitrogen and oxygen atoms in total. The zero-order chi connectivity index (χ0) is 13.6. The number of phenolic OH excluding ortho intramolecular Hbond substituents is 1. The molecule has 0 fully saturated rings. The van der Waals surface area contributed by atoms with Crippen LogP contribution in [0.25, 0.3) is 0 Å². The smallest absolute Gasteiger partial charge is 0.225 e. The lowest BCUT2D eigenvalue weighted by molar-refractivity contribution is -0.123. The van der Waals surface area contributed by atoms with Crippen LogP contribution in [-0.2, 0) is 11.2 Å². The van der Waals surface area contributed by atoms with Crippen LogP contribution >= 0.6 is 0 Å². The molecule has 100 valence electrons. The van der Waals surface area contributed by atoms with Crippen LogP contribution in [-0.4, -0.2) is 40.0 Å². The van der Waals surface area contributed by atoms with Gasteiger partial charge in [-0.15, -0.1) is 0 Å². The first-order chi connectivity index (χ1) is 8.55. The number of carbonyl (C=O) groups excluding carboxylic acids is 1. The first kappa shape index (κ1) is 14.5. The van der Waals surface area contributed by atoms with Gasteiger partial charge in [0.25, 0.3) is 0 Å². The lowest BCUT2D eigenvalue weighted by Crippen LogP contribution is -2.54. The minimum absolute atomic E-state index is 0.141. The Balaban J connectivity index is 2.63. The summed E-state index contributed by atoms with van der Waals surface area (Å²) in [5, 5.41) is 30.2. The summed E-state index contributed by atoms with van der Waals surface area (Å²) in [6.45, 7) is 1.18. The summed E-state index contributed by atoms with van der Waals surface area (Å²) < 4.78 is 0. The predicted molar refractivity (Wildman–Crippen MR) is 67.1 cm³/mol. The molecule has 0 aromatic heterocycles. The fourth-order valence-corrected chi connectivity index (χ4v) is 1.58. The third-order valence-electron chi connectivity index (χ3n) is 2.99. The Morgan fingerprint density at radius 2 is 1.78 bits per heavy atom. The lowest BCUT2D eigenvalue weighted by Gasteiger charge is -2.29. The van der Waals surface area contributed by atoms with E-state index in [-0.39, 0.29) is 31.3 Å².